The number of anilines is 1. The molecule has 6 heteroatoms. The zero-order valence-corrected chi connectivity index (χ0v) is 11.9. The van der Waals surface area contributed by atoms with Gasteiger partial charge < -0.3 is 10.8 Å². The van der Waals surface area contributed by atoms with Crippen molar-refractivity contribution in [1.82, 2.24) is 19.6 Å². The minimum atomic E-state index is -0.862. The SMILES string of the molecule is Cc1nc2ncnn2c(N)c1C#CC1(O)C[C@@H]2CC[C@@H]1C2. The number of nitrogen functional groups attached to an aromatic ring is 1. The molecule has 6 nitrogen and oxygen atoms in total. The molecular formula is C15H17N5O. The summed E-state index contributed by atoms with van der Waals surface area (Å²) < 4.78 is 1.47. The third-order valence-electron chi connectivity index (χ3n) is 4.86. The van der Waals surface area contributed by atoms with Crippen LogP contribution in [0, 0.1) is 30.6 Å². The number of rotatable bonds is 0. The van der Waals surface area contributed by atoms with Crippen molar-refractivity contribution in [1.29, 1.82) is 0 Å². The Hall–Kier alpha value is -2.13. The summed E-state index contributed by atoms with van der Waals surface area (Å²) in [6.07, 6.45) is 5.59. The van der Waals surface area contributed by atoms with Crippen LogP contribution in [0.2, 0.25) is 0 Å². The van der Waals surface area contributed by atoms with Gasteiger partial charge in [0.25, 0.3) is 5.78 Å². The molecule has 0 aromatic carbocycles. The molecular weight excluding hydrogens is 266 g/mol. The lowest BCUT2D eigenvalue weighted by Gasteiger charge is -2.26. The largest absolute Gasteiger partial charge is 0.382 e. The fraction of sp³-hybridized carbons (Fsp3) is 0.533. The normalized spacial score (nSPS) is 30.6. The van der Waals surface area contributed by atoms with Gasteiger partial charge in [-0.15, -0.1) is 0 Å². The van der Waals surface area contributed by atoms with Crippen LogP contribution in [0.3, 0.4) is 0 Å². The highest BCUT2D eigenvalue weighted by Gasteiger charge is 2.49. The molecule has 2 aliphatic carbocycles. The Labute approximate surface area is 122 Å². The molecule has 2 saturated carbocycles. The van der Waals surface area contributed by atoms with E-state index in [9.17, 15) is 5.11 Å². The highest BCUT2D eigenvalue weighted by molar-refractivity contribution is 5.57. The van der Waals surface area contributed by atoms with Gasteiger partial charge in [0.1, 0.15) is 17.7 Å². The van der Waals surface area contributed by atoms with E-state index < -0.39 is 5.60 Å². The van der Waals surface area contributed by atoms with Crippen molar-refractivity contribution >= 4 is 11.6 Å². The molecule has 2 fully saturated rings. The topological polar surface area (TPSA) is 89.3 Å². The summed E-state index contributed by atoms with van der Waals surface area (Å²) in [7, 11) is 0. The minimum Gasteiger partial charge on any atom is -0.382 e. The van der Waals surface area contributed by atoms with Crippen LogP contribution in [0.1, 0.15) is 36.9 Å². The Bertz CT molecular complexity index is 786. The van der Waals surface area contributed by atoms with E-state index in [0.29, 0.717) is 34.7 Å². The zero-order chi connectivity index (χ0) is 14.6. The van der Waals surface area contributed by atoms with Gasteiger partial charge in [0, 0.05) is 0 Å². The fourth-order valence-corrected chi connectivity index (χ4v) is 3.76. The van der Waals surface area contributed by atoms with Crippen LogP contribution < -0.4 is 5.73 Å². The van der Waals surface area contributed by atoms with Gasteiger partial charge in [-0.1, -0.05) is 11.8 Å². The second-order valence-corrected chi connectivity index (χ2v) is 6.18. The smallest absolute Gasteiger partial charge is 0.254 e. The summed E-state index contributed by atoms with van der Waals surface area (Å²) in [5, 5.41) is 14.8. The van der Waals surface area contributed by atoms with Gasteiger partial charge in [-0.05, 0) is 44.4 Å². The maximum absolute atomic E-state index is 10.7. The van der Waals surface area contributed by atoms with Crippen molar-refractivity contribution in [3.8, 4) is 11.8 Å². The van der Waals surface area contributed by atoms with E-state index in [0.717, 1.165) is 19.3 Å². The lowest BCUT2D eigenvalue weighted by Crippen LogP contribution is -2.33. The first-order chi connectivity index (χ1) is 10.1. The molecule has 0 saturated heterocycles. The van der Waals surface area contributed by atoms with E-state index in [1.165, 1.54) is 17.3 Å². The van der Waals surface area contributed by atoms with E-state index in [-0.39, 0.29) is 0 Å². The van der Waals surface area contributed by atoms with E-state index in [4.69, 9.17) is 5.73 Å². The quantitative estimate of drug-likeness (QED) is 0.702. The molecule has 108 valence electrons. The summed E-state index contributed by atoms with van der Waals surface area (Å²) in [4.78, 5) is 8.36. The number of nitrogens with two attached hydrogens (primary N) is 1. The second-order valence-electron chi connectivity index (χ2n) is 6.18. The zero-order valence-electron chi connectivity index (χ0n) is 11.9. The molecule has 2 aliphatic rings. The molecule has 3 N–H and O–H groups in total. The van der Waals surface area contributed by atoms with Gasteiger partial charge in [-0.3, -0.25) is 0 Å². The molecule has 1 unspecified atom stereocenters. The van der Waals surface area contributed by atoms with E-state index in [1.807, 2.05) is 6.92 Å². The Morgan fingerprint density at radius 2 is 2.33 bits per heavy atom. The Morgan fingerprint density at radius 3 is 3.05 bits per heavy atom. The van der Waals surface area contributed by atoms with Crippen LogP contribution in [0.25, 0.3) is 5.78 Å². The van der Waals surface area contributed by atoms with Gasteiger partial charge in [0.2, 0.25) is 0 Å². The molecule has 0 radical (unpaired) electrons. The molecule has 2 bridgehead atoms. The molecule has 2 heterocycles. The summed E-state index contributed by atoms with van der Waals surface area (Å²) in [5.41, 5.74) is 6.59. The minimum absolute atomic E-state index is 0.305. The Kier molecular flexibility index (Phi) is 2.51. The van der Waals surface area contributed by atoms with Crippen LogP contribution in [-0.2, 0) is 0 Å². The van der Waals surface area contributed by atoms with E-state index >= 15 is 0 Å². The number of hydrogen-bond donors (Lipinski definition) is 2. The van der Waals surface area contributed by atoms with Crippen LogP contribution >= 0.6 is 0 Å². The first kappa shape index (κ1) is 12.6. The van der Waals surface area contributed by atoms with Crippen molar-refractivity contribution in [2.75, 3.05) is 5.73 Å². The Morgan fingerprint density at radius 1 is 1.48 bits per heavy atom. The molecule has 0 amide bonds. The van der Waals surface area contributed by atoms with Crippen molar-refractivity contribution in [2.24, 2.45) is 11.8 Å². The van der Waals surface area contributed by atoms with Crippen LogP contribution in [0.15, 0.2) is 6.33 Å². The van der Waals surface area contributed by atoms with Gasteiger partial charge >= 0.3 is 0 Å². The van der Waals surface area contributed by atoms with Gasteiger partial charge in [-0.25, -0.2) is 4.98 Å². The lowest BCUT2D eigenvalue weighted by molar-refractivity contribution is 0.0438. The number of hydrogen-bond acceptors (Lipinski definition) is 5. The maximum Gasteiger partial charge on any atom is 0.254 e. The van der Waals surface area contributed by atoms with Gasteiger partial charge in [0.15, 0.2) is 0 Å². The summed E-state index contributed by atoms with van der Waals surface area (Å²) >= 11 is 0. The number of aliphatic hydroxyl groups is 1. The van der Waals surface area contributed by atoms with Gasteiger partial charge in [-0.2, -0.15) is 14.6 Å². The molecule has 4 rings (SSSR count). The number of aromatic nitrogens is 4. The molecule has 3 atom stereocenters. The van der Waals surface area contributed by atoms with Crippen molar-refractivity contribution < 1.29 is 5.11 Å². The van der Waals surface area contributed by atoms with Crippen LogP contribution in [0.5, 0.6) is 0 Å². The van der Waals surface area contributed by atoms with Crippen LogP contribution in [-0.4, -0.2) is 30.3 Å². The average molecular weight is 283 g/mol. The van der Waals surface area contributed by atoms with E-state index in [1.54, 1.807) is 0 Å². The lowest BCUT2D eigenvalue weighted by atomic mass is 9.84. The summed E-state index contributed by atoms with van der Waals surface area (Å²) in [5.74, 6) is 7.95. The predicted octanol–water partition coefficient (Wildman–Crippen LogP) is 0.918. The number of aryl methyl sites for hydroxylation is 1. The first-order valence-corrected chi connectivity index (χ1v) is 7.28. The second kappa shape index (κ2) is 4.18. The Balaban J connectivity index is 1.77. The van der Waals surface area contributed by atoms with Crippen molar-refractivity contribution in [3.63, 3.8) is 0 Å². The number of fused-ring (bicyclic) bond motifs is 3. The van der Waals surface area contributed by atoms with E-state index in [2.05, 4.69) is 26.9 Å². The number of nitrogens with zero attached hydrogens (tertiary/aromatic N) is 4. The van der Waals surface area contributed by atoms with Crippen LogP contribution in [0.4, 0.5) is 5.82 Å². The summed E-state index contributed by atoms with van der Waals surface area (Å²) in [6.45, 7) is 1.85. The maximum atomic E-state index is 10.7. The molecule has 21 heavy (non-hydrogen) atoms. The van der Waals surface area contributed by atoms with Crippen molar-refractivity contribution in [3.05, 3.63) is 17.6 Å². The summed E-state index contributed by atoms with van der Waals surface area (Å²) in [6, 6.07) is 0. The molecule has 2 aromatic rings. The monoisotopic (exact) mass is 283 g/mol. The average Bonchev–Trinajstić information content (AvgIpc) is 3.12. The van der Waals surface area contributed by atoms with Crippen molar-refractivity contribution in [2.45, 2.75) is 38.2 Å². The standard InChI is InChI=1S/C15H17N5O/c1-9-12(13(16)20-14(19-9)17-8-18-20)4-5-15(21)7-10-2-3-11(15)6-10/h8,10-11,21H,2-3,6-7,16H2,1H3/t10-,11-,15?/m1/s1. The molecule has 0 aliphatic heterocycles. The predicted molar refractivity (Wildman–Crippen MR) is 77.2 cm³/mol. The third-order valence-corrected chi connectivity index (χ3v) is 4.86. The molecule has 0 spiro atoms. The third kappa shape index (κ3) is 1.81. The first-order valence-electron chi connectivity index (χ1n) is 7.28. The molecule has 2 aromatic heterocycles. The highest BCUT2D eigenvalue weighted by atomic mass is 16.3. The van der Waals surface area contributed by atoms with Gasteiger partial charge in [0.05, 0.1) is 11.3 Å². The highest BCUT2D eigenvalue weighted by Crippen LogP contribution is 2.50. The fourth-order valence-electron chi connectivity index (χ4n) is 3.76.